The molecule has 1 aliphatic heterocycles. The number of hydrogen-bond donors (Lipinski definition) is 1. The molecule has 2 heterocycles. The highest BCUT2D eigenvalue weighted by Gasteiger charge is 2.43. The molecule has 1 aromatic carbocycles. The first kappa shape index (κ1) is 28.6. The average molecular weight is 555 g/mol. The molecule has 1 amide bonds. The van der Waals surface area contributed by atoms with Gasteiger partial charge in [0.05, 0.1) is 35.5 Å². The Morgan fingerprint density at radius 1 is 1.24 bits per heavy atom. The zero-order valence-electron chi connectivity index (χ0n) is 20.1. The average Bonchev–Trinajstić information content (AvgIpc) is 3.11. The number of ether oxygens (including phenoxy) is 1. The summed E-state index contributed by atoms with van der Waals surface area (Å²) in [6.07, 6.45) is -9.84. The van der Waals surface area contributed by atoms with E-state index in [0.29, 0.717) is 16.3 Å². The molecule has 3 rings (SSSR count). The summed E-state index contributed by atoms with van der Waals surface area (Å²) in [5.74, 6) is -1.78. The van der Waals surface area contributed by atoms with Gasteiger partial charge in [-0.2, -0.15) is 31.4 Å². The van der Waals surface area contributed by atoms with Crippen molar-refractivity contribution in [1.29, 1.82) is 0 Å². The summed E-state index contributed by atoms with van der Waals surface area (Å²) in [5, 5.41) is 4.51. The number of anilines is 2. The summed E-state index contributed by atoms with van der Waals surface area (Å²) < 4.78 is 84.9. The molecule has 1 aromatic heterocycles. The summed E-state index contributed by atoms with van der Waals surface area (Å²) in [5.41, 5.74) is -1.71. The second-order valence-electron chi connectivity index (χ2n) is 8.93. The van der Waals surface area contributed by atoms with Crippen LogP contribution >= 0.6 is 11.6 Å². The van der Waals surface area contributed by atoms with Crippen molar-refractivity contribution in [3.63, 3.8) is 0 Å². The number of rotatable bonds is 6. The molecular formula is C23H25ClF6N4O3. The van der Waals surface area contributed by atoms with Crippen molar-refractivity contribution in [1.82, 2.24) is 9.78 Å². The van der Waals surface area contributed by atoms with Crippen LogP contribution in [-0.2, 0) is 15.7 Å². The molecule has 0 spiro atoms. The molecular weight excluding hydrogens is 530 g/mol. The van der Waals surface area contributed by atoms with Crippen molar-refractivity contribution in [3.8, 4) is 0 Å². The van der Waals surface area contributed by atoms with Crippen molar-refractivity contribution in [2.75, 3.05) is 30.4 Å². The van der Waals surface area contributed by atoms with Crippen molar-refractivity contribution in [2.45, 2.75) is 51.5 Å². The number of carbonyl (C=O) groups is 2. The van der Waals surface area contributed by atoms with Crippen LogP contribution in [0.2, 0.25) is 5.02 Å². The quantitative estimate of drug-likeness (QED) is 0.349. The first-order valence-corrected chi connectivity index (χ1v) is 11.7. The van der Waals surface area contributed by atoms with Gasteiger partial charge in [-0.15, -0.1) is 0 Å². The van der Waals surface area contributed by atoms with Gasteiger partial charge in [-0.25, -0.2) is 4.79 Å². The normalized spacial score (nSPS) is 17.5. The van der Waals surface area contributed by atoms with Crippen LogP contribution in [0.3, 0.4) is 0 Å². The van der Waals surface area contributed by atoms with Crippen molar-refractivity contribution in [3.05, 3.63) is 40.2 Å². The lowest BCUT2D eigenvalue weighted by atomic mass is 9.99. The molecule has 1 fully saturated rings. The minimum absolute atomic E-state index is 0.122. The van der Waals surface area contributed by atoms with E-state index in [-0.39, 0.29) is 11.3 Å². The van der Waals surface area contributed by atoms with E-state index in [9.17, 15) is 35.9 Å². The molecule has 0 radical (unpaired) electrons. The summed E-state index contributed by atoms with van der Waals surface area (Å²) in [4.78, 5) is 27.5. The smallest absolute Gasteiger partial charge is 0.436 e. The predicted molar refractivity (Wildman–Crippen MR) is 124 cm³/mol. The van der Waals surface area contributed by atoms with Gasteiger partial charge >= 0.3 is 18.3 Å². The zero-order valence-corrected chi connectivity index (χ0v) is 20.9. The number of carbonyl (C=O) groups excluding carboxylic acids is 2. The number of aromatic nitrogens is 2. The fraction of sp³-hybridized carbons (Fsp3) is 0.522. The summed E-state index contributed by atoms with van der Waals surface area (Å²) in [7, 11) is 1.10. The number of alkyl halides is 6. The Hall–Kier alpha value is -2.96. The minimum atomic E-state index is -5.05. The largest absolute Gasteiger partial charge is 0.465 e. The van der Waals surface area contributed by atoms with Gasteiger partial charge in [-0.3, -0.25) is 9.48 Å². The van der Waals surface area contributed by atoms with E-state index in [4.69, 9.17) is 16.3 Å². The van der Waals surface area contributed by atoms with E-state index in [2.05, 4.69) is 17.3 Å². The number of halogens is 7. The van der Waals surface area contributed by atoms with Crippen LogP contribution in [0.15, 0.2) is 18.2 Å². The van der Waals surface area contributed by atoms with Crippen molar-refractivity contribution >= 4 is 34.9 Å². The molecule has 0 aliphatic carbocycles. The minimum Gasteiger partial charge on any atom is -0.465 e. The predicted octanol–water partition coefficient (Wildman–Crippen LogP) is 6.02. The molecule has 1 N–H and O–H groups in total. The number of amides is 1. The molecule has 7 nitrogen and oxygen atoms in total. The number of benzene rings is 1. The lowest BCUT2D eigenvalue weighted by molar-refractivity contribution is -0.152. The topological polar surface area (TPSA) is 76.5 Å². The Labute approximate surface area is 213 Å². The van der Waals surface area contributed by atoms with Crippen LogP contribution < -0.4 is 10.2 Å². The maximum atomic E-state index is 13.4. The molecule has 14 heteroatoms. The number of nitrogens with zero attached hydrogens (tertiary/aromatic N) is 3. The van der Waals surface area contributed by atoms with Gasteiger partial charge in [0.1, 0.15) is 6.04 Å². The van der Waals surface area contributed by atoms with E-state index in [1.54, 1.807) is 6.07 Å². The highest BCUT2D eigenvalue weighted by atomic mass is 35.5. The Morgan fingerprint density at radius 3 is 2.46 bits per heavy atom. The van der Waals surface area contributed by atoms with Crippen LogP contribution in [-0.4, -0.2) is 48.0 Å². The monoisotopic (exact) mass is 554 g/mol. The molecule has 37 heavy (non-hydrogen) atoms. The van der Waals surface area contributed by atoms with Crippen LogP contribution in [0.1, 0.15) is 54.0 Å². The van der Waals surface area contributed by atoms with Gasteiger partial charge in [0.2, 0.25) is 5.91 Å². The molecule has 0 unspecified atom stereocenters. The maximum Gasteiger partial charge on any atom is 0.436 e. The number of esters is 1. The molecule has 2 atom stereocenters. The Kier molecular flexibility index (Phi) is 8.35. The Balaban J connectivity index is 1.99. The zero-order chi connectivity index (χ0) is 27.7. The van der Waals surface area contributed by atoms with E-state index in [0.717, 1.165) is 40.0 Å². The first-order valence-electron chi connectivity index (χ1n) is 11.3. The van der Waals surface area contributed by atoms with Crippen LogP contribution in [0.4, 0.5) is 37.7 Å². The second-order valence-corrected chi connectivity index (χ2v) is 9.31. The van der Waals surface area contributed by atoms with E-state index < -0.39 is 53.1 Å². The van der Waals surface area contributed by atoms with Gasteiger partial charge in [-0.05, 0) is 43.9 Å². The van der Waals surface area contributed by atoms with Gasteiger partial charge in [-0.1, -0.05) is 18.5 Å². The third-order valence-electron chi connectivity index (χ3n) is 6.06. The van der Waals surface area contributed by atoms with Gasteiger partial charge in [0, 0.05) is 18.8 Å². The van der Waals surface area contributed by atoms with Crippen molar-refractivity contribution in [2.24, 2.45) is 5.92 Å². The van der Waals surface area contributed by atoms with Crippen LogP contribution in [0.25, 0.3) is 0 Å². The van der Waals surface area contributed by atoms with Crippen molar-refractivity contribution < 1.29 is 40.7 Å². The molecule has 1 aliphatic rings. The third-order valence-corrected chi connectivity index (χ3v) is 6.51. The number of methoxy groups -OCH3 is 1. The van der Waals surface area contributed by atoms with Crippen LogP contribution in [0.5, 0.6) is 0 Å². The van der Waals surface area contributed by atoms with E-state index in [1.807, 2.05) is 4.90 Å². The lowest BCUT2D eigenvalue weighted by Crippen LogP contribution is -2.34. The lowest BCUT2D eigenvalue weighted by Gasteiger charge is -2.33. The molecule has 0 bridgehead atoms. The Bertz CT molecular complexity index is 1160. The molecule has 2 aromatic rings. The van der Waals surface area contributed by atoms with Gasteiger partial charge in [0.15, 0.2) is 5.69 Å². The Morgan fingerprint density at radius 2 is 1.92 bits per heavy atom. The number of nitrogens with one attached hydrogen (secondary N) is 1. The molecule has 0 saturated carbocycles. The van der Waals surface area contributed by atoms with Crippen LogP contribution in [0, 0.1) is 12.8 Å². The van der Waals surface area contributed by atoms with E-state index in [1.165, 1.54) is 12.1 Å². The fourth-order valence-corrected chi connectivity index (χ4v) is 4.48. The highest BCUT2D eigenvalue weighted by Crippen LogP contribution is 2.38. The number of hydrogen-bond acceptors (Lipinski definition) is 5. The van der Waals surface area contributed by atoms with Gasteiger partial charge in [0.25, 0.3) is 0 Å². The summed E-state index contributed by atoms with van der Waals surface area (Å²) in [6, 6.07) is 2.15. The SMILES string of the molecule is COC(=O)c1cc(N2CCC[C@@H](C)C2)ccc1NC(=O)[C@H](CC(F)(F)F)n1nc(C(F)(F)F)c(Cl)c1C. The molecule has 1 saturated heterocycles. The standard InChI is InChI=1S/C23H25ClF6N4O3/c1-12-5-4-8-33(11-12)14-6-7-16(15(9-14)21(36)37-3)31-20(35)17(10-22(25,26)27)34-13(2)18(24)19(32-34)23(28,29)30/h6-7,9,12,17H,4-5,8,10-11H2,1-3H3,(H,31,35)/t12-,17+/m1/s1. The molecule has 204 valence electrons. The van der Waals surface area contributed by atoms with E-state index >= 15 is 0 Å². The number of piperidine rings is 1. The van der Waals surface area contributed by atoms with Gasteiger partial charge < -0.3 is 15.0 Å². The third kappa shape index (κ3) is 6.68. The maximum absolute atomic E-state index is 13.4. The first-order chi connectivity index (χ1) is 17.1. The second kappa shape index (κ2) is 10.8. The summed E-state index contributed by atoms with van der Waals surface area (Å²) >= 11 is 5.68. The highest BCUT2D eigenvalue weighted by molar-refractivity contribution is 6.32. The summed E-state index contributed by atoms with van der Waals surface area (Å²) in [6.45, 7) is 4.55. The fourth-order valence-electron chi connectivity index (χ4n) is 4.25.